The lowest BCUT2D eigenvalue weighted by atomic mass is 10.1. The second-order valence-corrected chi connectivity index (χ2v) is 5.59. The summed E-state index contributed by atoms with van der Waals surface area (Å²) in [6.07, 6.45) is 2.39. The molecule has 18 heavy (non-hydrogen) atoms. The minimum atomic E-state index is -0.305. The largest absolute Gasteiger partial charge is 0.493 e. The van der Waals surface area contributed by atoms with E-state index in [9.17, 15) is 5.11 Å². The molecule has 0 saturated heterocycles. The van der Waals surface area contributed by atoms with Gasteiger partial charge in [-0.05, 0) is 35.9 Å². The fourth-order valence-electron chi connectivity index (χ4n) is 2.45. The smallest absolute Gasteiger partial charge is 0.122 e. The summed E-state index contributed by atoms with van der Waals surface area (Å²) in [6.45, 7) is 0.701. The number of ether oxygens (including phenoxy) is 1. The van der Waals surface area contributed by atoms with Gasteiger partial charge in [0.05, 0.1) is 12.7 Å². The zero-order valence-electron chi connectivity index (χ0n) is 10.1. The second-order valence-electron chi connectivity index (χ2n) is 4.56. The van der Waals surface area contributed by atoms with Crippen molar-refractivity contribution in [2.75, 3.05) is 6.61 Å². The van der Waals surface area contributed by atoms with Crippen molar-refractivity contribution in [1.29, 1.82) is 0 Å². The summed E-state index contributed by atoms with van der Waals surface area (Å²) in [5, 5.41) is 11.9. The third-order valence-electron chi connectivity index (χ3n) is 3.38. The predicted octanol–water partition coefficient (Wildman–Crippen LogP) is 3.35. The first-order valence-corrected chi connectivity index (χ1v) is 7.17. The SMILES string of the molecule is OC1CCc2c(OCCc3cccs3)cccc21. The molecule has 1 aliphatic carbocycles. The van der Waals surface area contributed by atoms with E-state index in [-0.39, 0.29) is 6.10 Å². The van der Waals surface area contributed by atoms with Crippen LogP contribution in [-0.2, 0) is 12.8 Å². The van der Waals surface area contributed by atoms with E-state index in [4.69, 9.17) is 4.74 Å². The van der Waals surface area contributed by atoms with Crippen LogP contribution < -0.4 is 4.74 Å². The Morgan fingerprint density at radius 1 is 1.28 bits per heavy atom. The summed E-state index contributed by atoms with van der Waals surface area (Å²) in [5.41, 5.74) is 2.24. The normalized spacial score (nSPS) is 17.7. The van der Waals surface area contributed by atoms with Crippen LogP contribution >= 0.6 is 11.3 Å². The first-order valence-electron chi connectivity index (χ1n) is 6.29. The van der Waals surface area contributed by atoms with Gasteiger partial charge < -0.3 is 9.84 Å². The van der Waals surface area contributed by atoms with Gasteiger partial charge in [-0.1, -0.05) is 18.2 Å². The third kappa shape index (κ3) is 2.28. The molecule has 0 saturated carbocycles. The van der Waals surface area contributed by atoms with Crippen LogP contribution in [0, 0.1) is 0 Å². The van der Waals surface area contributed by atoms with Gasteiger partial charge in [-0.3, -0.25) is 0 Å². The Morgan fingerprint density at radius 2 is 2.22 bits per heavy atom. The van der Waals surface area contributed by atoms with E-state index < -0.39 is 0 Å². The molecule has 2 aromatic rings. The van der Waals surface area contributed by atoms with E-state index in [2.05, 4.69) is 17.5 Å². The molecule has 1 aromatic heterocycles. The Bertz CT molecular complexity index is 519. The second kappa shape index (κ2) is 5.12. The number of aliphatic hydroxyl groups excluding tert-OH is 1. The number of benzene rings is 1. The van der Waals surface area contributed by atoms with Crippen molar-refractivity contribution in [1.82, 2.24) is 0 Å². The highest BCUT2D eigenvalue weighted by atomic mass is 32.1. The molecule has 0 fully saturated rings. The molecule has 1 aliphatic rings. The maximum absolute atomic E-state index is 9.83. The van der Waals surface area contributed by atoms with E-state index in [0.717, 1.165) is 30.6 Å². The zero-order valence-corrected chi connectivity index (χ0v) is 11.0. The highest BCUT2D eigenvalue weighted by Gasteiger charge is 2.22. The third-order valence-corrected chi connectivity index (χ3v) is 4.32. The van der Waals surface area contributed by atoms with E-state index >= 15 is 0 Å². The van der Waals surface area contributed by atoms with E-state index in [1.807, 2.05) is 18.2 Å². The maximum Gasteiger partial charge on any atom is 0.122 e. The van der Waals surface area contributed by atoms with Gasteiger partial charge in [-0.2, -0.15) is 0 Å². The van der Waals surface area contributed by atoms with Gasteiger partial charge in [0.1, 0.15) is 5.75 Å². The summed E-state index contributed by atoms with van der Waals surface area (Å²) in [6, 6.07) is 10.2. The van der Waals surface area contributed by atoms with E-state index in [0.29, 0.717) is 6.61 Å². The maximum atomic E-state index is 9.83. The lowest BCUT2D eigenvalue weighted by molar-refractivity contribution is 0.180. The van der Waals surface area contributed by atoms with Crippen molar-refractivity contribution >= 4 is 11.3 Å². The first kappa shape index (κ1) is 11.8. The molecule has 1 atom stereocenters. The number of aliphatic hydroxyl groups is 1. The lowest BCUT2D eigenvalue weighted by Crippen LogP contribution is -2.02. The molecule has 2 nitrogen and oxygen atoms in total. The Morgan fingerprint density at radius 3 is 3.06 bits per heavy atom. The molecule has 0 spiro atoms. The van der Waals surface area contributed by atoms with Crippen molar-refractivity contribution < 1.29 is 9.84 Å². The molecule has 0 amide bonds. The van der Waals surface area contributed by atoms with Gasteiger partial charge in [0, 0.05) is 16.9 Å². The minimum Gasteiger partial charge on any atom is -0.493 e. The molecule has 0 radical (unpaired) electrons. The molecule has 1 heterocycles. The number of hydrogen-bond donors (Lipinski definition) is 1. The summed E-state index contributed by atoms with van der Waals surface area (Å²) < 4.78 is 5.87. The number of thiophene rings is 1. The average molecular weight is 260 g/mol. The van der Waals surface area contributed by atoms with Crippen molar-refractivity contribution in [3.63, 3.8) is 0 Å². The van der Waals surface area contributed by atoms with Gasteiger partial charge >= 0.3 is 0 Å². The fraction of sp³-hybridized carbons (Fsp3) is 0.333. The van der Waals surface area contributed by atoms with E-state index in [1.165, 1.54) is 10.4 Å². The molecule has 94 valence electrons. The first-order chi connectivity index (χ1) is 8.84. The Kier molecular flexibility index (Phi) is 3.35. The molecule has 0 bridgehead atoms. The van der Waals surface area contributed by atoms with Crippen LogP contribution in [0.2, 0.25) is 0 Å². The molecular formula is C15H16O2S. The van der Waals surface area contributed by atoms with Gasteiger partial charge in [0.15, 0.2) is 0 Å². The number of hydrogen-bond acceptors (Lipinski definition) is 3. The monoisotopic (exact) mass is 260 g/mol. The van der Waals surface area contributed by atoms with Crippen molar-refractivity contribution in [3.8, 4) is 5.75 Å². The molecule has 0 aliphatic heterocycles. The van der Waals surface area contributed by atoms with Crippen molar-refractivity contribution in [2.45, 2.75) is 25.4 Å². The minimum absolute atomic E-state index is 0.305. The Labute approximate surface area is 111 Å². The summed E-state index contributed by atoms with van der Waals surface area (Å²) in [5.74, 6) is 0.945. The fourth-order valence-corrected chi connectivity index (χ4v) is 3.14. The highest BCUT2D eigenvalue weighted by molar-refractivity contribution is 7.09. The van der Waals surface area contributed by atoms with Gasteiger partial charge in [0.2, 0.25) is 0 Å². The highest BCUT2D eigenvalue weighted by Crippen LogP contribution is 2.36. The molecule has 1 aromatic carbocycles. The van der Waals surface area contributed by atoms with Crippen LogP contribution in [0.4, 0.5) is 0 Å². The van der Waals surface area contributed by atoms with Crippen LogP contribution in [0.15, 0.2) is 35.7 Å². The molecular weight excluding hydrogens is 244 g/mol. The standard InChI is InChI=1S/C15H16O2S/c16-14-7-6-13-12(14)4-1-5-15(13)17-9-8-11-3-2-10-18-11/h1-5,10,14,16H,6-9H2. The van der Waals surface area contributed by atoms with Crippen LogP contribution in [0.1, 0.15) is 28.5 Å². The van der Waals surface area contributed by atoms with Crippen LogP contribution in [-0.4, -0.2) is 11.7 Å². The van der Waals surface area contributed by atoms with Crippen LogP contribution in [0.25, 0.3) is 0 Å². The Hall–Kier alpha value is -1.32. The quantitative estimate of drug-likeness (QED) is 0.913. The summed E-state index contributed by atoms with van der Waals surface area (Å²) >= 11 is 1.76. The number of fused-ring (bicyclic) bond motifs is 1. The van der Waals surface area contributed by atoms with Crippen molar-refractivity contribution in [2.24, 2.45) is 0 Å². The zero-order chi connectivity index (χ0) is 12.4. The topological polar surface area (TPSA) is 29.5 Å². The van der Waals surface area contributed by atoms with E-state index in [1.54, 1.807) is 11.3 Å². The van der Waals surface area contributed by atoms with Gasteiger partial charge in [0.25, 0.3) is 0 Å². The number of rotatable bonds is 4. The Balaban J connectivity index is 1.67. The molecule has 3 heteroatoms. The average Bonchev–Trinajstić information content (AvgIpc) is 3.01. The summed E-state index contributed by atoms with van der Waals surface area (Å²) in [4.78, 5) is 1.35. The molecule has 1 N–H and O–H groups in total. The van der Waals surface area contributed by atoms with Crippen LogP contribution in [0.3, 0.4) is 0 Å². The van der Waals surface area contributed by atoms with Crippen molar-refractivity contribution in [3.05, 3.63) is 51.7 Å². The molecule has 1 unspecified atom stereocenters. The summed E-state index contributed by atoms with van der Waals surface area (Å²) in [7, 11) is 0. The van der Waals surface area contributed by atoms with Gasteiger partial charge in [-0.25, -0.2) is 0 Å². The van der Waals surface area contributed by atoms with Crippen LogP contribution in [0.5, 0.6) is 5.75 Å². The van der Waals surface area contributed by atoms with Gasteiger partial charge in [-0.15, -0.1) is 11.3 Å². The molecule has 3 rings (SSSR count). The predicted molar refractivity (Wildman–Crippen MR) is 73.2 cm³/mol. The lowest BCUT2D eigenvalue weighted by Gasteiger charge is -2.10.